The first kappa shape index (κ1) is 17.0. The summed E-state index contributed by atoms with van der Waals surface area (Å²) in [6, 6.07) is 20.5. The minimum absolute atomic E-state index is 0.185. The predicted octanol–water partition coefficient (Wildman–Crippen LogP) is 5.15. The van der Waals surface area contributed by atoms with Gasteiger partial charge in [-0.05, 0) is 55.5 Å². The smallest absolute Gasteiger partial charge is 0.255 e. The molecular formula is C20H18ClN3O. The number of halogens is 1. The highest BCUT2D eigenvalue weighted by atomic mass is 35.5. The minimum atomic E-state index is -0.185. The summed E-state index contributed by atoms with van der Waals surface area (Å²) in [6.07, 6.45) is 1.65. The van der Waals surface area contributed by atoms with Gasteiger partial charge in [-0.3, -0.25) is 4.79 Å². The van der Waals surface area contributed by atoms with E-state index in [-0.39, 0.29) is 5.91 Å². The molecule has 0 saturated carbocycles. The summed E-state index contributed by atoms with van der Waals surface area (Å²) in [5.41, 5.74) is 2.28. The number of benzene rings is 2. The van der Waals surface area contributed by atoms with Crippen molar-refractivity contribution in [1.29, 1.82) is 0 Å². The van der Waals surface area contributed by atoms with E-state index >= 15 is 0 Å². The van der Waals surface area contributed by atoms with Crippen LogP contribution in [0.1, 0.15) is 17.3 Å². The molecule has 0 bridgehead atoms. The van der Waals surface area contributed by atoms with E-state index in [2.05, 4.69) is 22.1 Å². The van der Waals surface area contributed by atoms with Crippen molar-refractivity contribution in [2.24, 2.45) is 0 Å². The summed E-state index contributed by atoms with van der Waals surface area (Å²) in [5, 5.41) is 3.50. The molecule has 0 atom stereocenters. The predicted molar refractivity (Wildman–Crippen MR) is 103 cm³/mol. The van der Waals surface area contributed by atoms with E-state index in [4.69, 9.17) is 11.6 Å². The molecule has 1 heterocycles. The summed E-state index contributed by atoms with van der Waals surface area (Å²) in [7, 11) is 0. The van der Waals surface area contributed by atoms with Gasteiger partial charge in [0.25, 0.3) is 5.91 Å². The maximum absolute atomic E-state index is 12.5. The first-order chi connectivity index (χ1) is 12.2. The first-order valence-electron chi connectivity index (χ1n) is 8.03. The van der Waals surface area contributed by atoms with E-state index in [9.17, 15) is 4.79 Å². The molecule has 0 spiro atoms. The number of pyridine rings is 1. The van der Waals surface area contributed by atoms with Crippen LogP contribution in [0.3, 0.4) is 0 Å². The van der Waals surface area contributed by atoms with Gasteiger partial charge in [-0.1, -0.05) is 29.8 Å². The summed E-state index contributed by atoms with van der Waals surface area (Å²) in [6.45, 7) is 2.80. The van der Waals surface area contributed by atoms with Crippen LogP contribution < -0.4 is 10.2 Å². The molecular weight excluding hydrogens is 334 g/mol. The first-order valence-corrected chi connectivity index (χ1v) is 8.40. The lowest BCUT2D eigenvalue weighted by Gasteiger charge is -2.22. The molecule has 25 heavy (non-hydrogen) atoms. The number of carbonyl (C=O) groups excluding carboxylic acids is 1. The molecule has 1 amide bonds. The molecule has 126 valence electrons. The average molecular weight is 352 g/mol. The van der Waals surface area contributed by atoms with E-state index in [1.54, 1.807) is 42.6 Å². The highest BCUT2D eigenvalue weighted by molar-refractivity contribution is 6.30. The van der Waals surface area contributed by atoms with Crippen molar-refractivity contribution < 1.29 is 4.79 Å². The van der Waals surface area contributed by atoms with Crippen LogP contribution in [0.25, 0.3) is 0 Å². The van der Waals surface area contributed by atoms with Crippen molar-refractivity contribution in [1.82, 2.24) is 4.98 Å². The van der Waals surface area contributed by atoms with E-state index in [0.717, 1.165) is 18.1 Å². The summed E-state index contributed by atoms with van der Waals surface area (Å²) in [4.78, 5) is 19.0. The molecule has 0 radical (unpaired) electrons. The van der Waals surface area contributed by atoms with Crippen LogP contribution >= 0.6 is 11.6 Å². The Morgan fingerprint density at radius 3 is 2.48 bits per heavy atom. The Kier molecular flexibility index (Phi) is 5.31. The Balaban J connectivity index is 1.83. The summed E-state index contributed by atoms with van der Waals surface area (Å²) >= 11 is 5.87. The third-order valence-electron chi connectivity index (χ3n) is 3.77. The number of nitrogens with one attached hydrogen (secondary N) is 1. The molecule has 0 fully saturated rings. The molecule has 0 aliphatic carbocycles. The molecule has 5 heteroatoms. The number of rotatable bonds is 5. The molecule has 1 aromatic heterocycles. The Bertz CT molecular complexity index is 850. The van der Waals surface area contributed by atoms with Crippen LogP contribution in [0.15, 0.2) is 72.9 Å². The third kappa shape index (κ3) is 4.17. The van der Waals surface area contributed by atoms with Crippen molar-refractivity contribution >= 4 is 34.7 Å². The van der Waals surface area contributed by atoms with Crippen molar-refractivity contribution in [3.63, 3.8) is 0 Å². The number of hydrogen-bond donors (Lipinski definition) is 1. The number of nitrogens with zero attached hydrogens (tertiary/aromatic N) is 2. The third-order valence-corrected chi connectivity index (χ3v) is 4.02. The average Bonchev–Trinajstić information content (AvgIpc) is 2.65. The quantitative estimate of drug-likeness (QED) is 0.691. The fourth-order valence-electron chi connectivity index (χ4n) is 2.53. The van der Waals surface area contributed by atoms with E-state index in [1.165, 1.54) is 0 Å². The van der Waals surface area contributed by atoms with Gasteiger partial charge in [-0.15, -0.1) is 0 Å². The van der Waals surface area contributed by atoms with E-state index in [1.807, 2.05) is 30.3 Å². The highest BCUT2D eigenvalue weighted by Gasteiger charge is 2.12. The van der Waals surface area contributed by atoms with Crippen LogP contribution in [0.5, 0.6) is 0 Å². The van der Waals surface area contributed by atoms with Crippen molar-refractivity contribution in [3.05, 3.63) is 83.5 Å². The molecule has 3 aromatic rings. The van der Waals surface area contributed by atoms with Crippen molar-refractivity contribution in [2.45, 2.75) is 6.92 Å². The molecule has 0 saturated heterocycles. The molecule has 4 nitrogen and oxygen atoms in total. The standard InChI is InChI=1S/C20H18ClN3O/c1-2-24(18-6-4-3-5-7-18)19-14-15(12-13-22-19)20(25)23-17-10-8-16(21)9-11-17/h3-14H,2H2,1H3,(H,23,25). The van der Waals surface area contributed by atoms with Gasteiger partial charge in [-0.2, -0.15) is 0 Å². The maximum Gasteiger partial charge on any atom is 0.255 e. The minimum Gasteiger partial charge on any atom is -0.327 e. The number of hydrogen-bond acceptors (Lipinski definition) is 3. The monoisotopic (exact) mass is 351 g/mol. The van der Waals surface area contributed by atoms with Crippen LogP contribution in [0, 0.1) is 0 Å². The van der Waals surface area contributed by atoms with Gasteiger partial charge in [-0.25, -0.2) is 4.98 Å². The lowest BCUT2D eigenvalue weighted by atomic mass is 10.2. The Morgan fingerprint density at radius 1 is 1.08 bits per heavy atom. The number of para-hydroxylation sites is 1. The summed E-state index contributed by atoms with van der Waals surface area (Å²) < 4.78 is 0. The maximum atomic E-state index is 12.5. The second-order valence-corrected chi connectivity index (χ2v) is 5.88. The normalized spacial score (nSPS) is 10.3. The zero-order valence-corrected chi connectivity index (χ0v) is 14.6. The van der Waals surface area contributed by atoms with Crippen LogP contribution in [-0.2, 0) is 0 Å². The van der Waals surface area contributed by atoms with Gasteiger partial charge in [0.15, 0.2) is 0 Å². The highest BCUT2D eigenvalue weighted by Crippen LogP contribution is 2.24. The van der Waals surface area contributed by atoms with E-state index < -0.39 is 0 Å². The fourth-order valence-corrected chi connectivity index (χ4v) is 2.65. The van der Waals surface area contributed by atoms with Crippen LogP contribution in [0.4, 0.5) is 17.2 Å². The largest absolute Gasteiger partial charge is 0.327 e. The number of amides is 1. The number of carbonyl (C=O) groups is 1. The molecule has 1 N–H and O–H groups in total. The Morgan fingerprint density at radius 2 is 1.80 bits per heavy atom. The number of anilines is 3. The topological polar surface area (TPSA) is 45.2 Å². The van der Waals surface area contributed by atoms with Gasteiger partial charge in [0, 0.05) is 34.7 Å². The second-order valence-electron chi connectivity index (χ2n) is 5.44. The van der Waals surface area contributed by atoms with Crippen molar-refractivity contribution in [3.8, 4) is 0 Å². The lowest BCUT2D eigenvalue weighted by molar-refractivity contribution is 0.102. The van der Waals surface area contributed by atoms with E-state index in [0.29, 0.717) is 16.3 Å². The molecule has 0 aliphatic heterocycles. The van der Waals surface area contributed by atoms with Gasteiger partial charge in [0.05, 0.1) is 0 Å². The zero-order chi connectivity index (χ0) is 17.6. The molecule has 3 rings (SSSR count). The van der Waals surface area contributed by atoms with Gasteiger partial charge in [0.1, 0.15) is 5.82 Å². The van der Waals surface area contributed by atoms with Crippen LogP contribution in [-0.4, -0.2) is 17.4 Å². The molecule has 2 aromatic carbocycles. The zero-order valence-electron chi connectivity index (χ0n) is 13.8. The van der Waals surface area contributed by atoms with Gasteiger partial charge >= 0.3 is 0 Å². The number of aromatic nitrogens is 1. The van der Waals surface area contributed by atoms with Crippen LogP contribution in [0.2, 0.25) is 5.02 Å². The second kappa shape index (κ2) is 7.81. The lowest BCUT2D eigenvalue weighted by Crippen LogP contribution is -2.19. The van der Waals surface area contributed by atoms with Gasteiger partial charge in [0.2, 0.25) is 0 Å². The summed E-state index contributed by atoms with van der Waals surface area (Å²) in [5.74, 6) is 0.549. The molecule has 0 aliphatic rings. The van der Waals surface area contributed by atoms with Crippen molar-refractivity contribution in [2.75, 3.05) is 16.8 Å². The SMILES string of the molecule is CCN(c1ccccc1)c1cc(C(=O)Nc2ccc(Cl)cc2)ccn1. The Hall–Kier alpha value is -2.85. The Labute approximate surface area is 152 Å². The van der Waals surface area contributed by atoms with Gasteiger partial charge < -0.3 is 10.2 Å². The fraction of sp³-hybridized carbons (Fsp3) is 0.100. The molecule has 0 unspecified atom stereocenters.